The van der Waals surface area contributed by atoms with Crippen LogP contribution in [-0.2, 0) is 19.6 Å². The van der Waals surface area contributed by atoms with Gasteiger partial charge in [0.25, 0.3) is 0 Å². The van der Waals surface area contributed by atoms with Crippen LogP contribution in [0.1, 0.15) is 6.92 Å². The molecule has 0 heterocycles. The Balaban J connectivity index is 0. The minimum atomic E-state index is -4.14. The maximum absolute atomic E-state index is 10.7. The van der Waals surface area contributed by atoms with Gasteiger partial charge in [-0.1, -0.05) is 6.58 Å². The molecule has 1 unspecified atom stereocenters. The molecule has 0 rings (SSSR count). The van der Waals surface area contributed by atoms with Gasteiger partial charge in [0, 0.05) is 23.3 Å². The summed E-state index contributed by atoms with van der Waals surface area (Å²) in [6, 6.07) is 0. The van der Waals surface area contributed by atoms with Crippen molar-refractivity contribution >= 4 is 27.8 Å². The Bertz CT molecular complexity index is 314. The number of thioether (sulfide) groups is 1. The number of carbonyl (C=O) groups excluding carboxylic acids is 1. The molecule has 1 atom stereocenters. The molecule has 0 radical (unpaired) electrons. The summed E-state index contributed by atoms with van der Waals surface area (Å²) < 4.78 is 35.5. The number of hydrogen-bond acceptors (Lipinski definition) is 6. The van der Waals surface area contributed by atoms with Gasteiger partial charge in [-0.05, 0) is 6.92 Å². The topological polar surface area (TPSA) is 83.5 Å². The Morgan fingerprint density at radius 3 is 2.62 bits per heavy atom. The van der Waals surface area contributed by atoms with Gasteiger partial charge in [0.15, 0.2) is 0 Å². The van der Waals surface area contributed by atoms with Crippen LogP contribution in [-0.4, -0.2) is 42.3 Å². The summed E-state index contributed by atoms with van der Waals surface area (Å²) in [7, 11) is -4.14. The van der Waals surface area contributed by atoms with Crippen molar-refractivity contribution in [2.75, 3.05) is 17.3 Å². The molecule has 0 saturated carbocycles. The number of esters is 1. The van der Waals surface area contributed by atoms with E-state index in [9.17, 15) is 17.8 Å². The molecular weight excluding hydrogens is 263 g/mol. The van der Waals surface area contributed by atoms with Gasteiger partial charge in [0.1, 0.15) is 6.10 Å². The number of ether oxygens (including phenoxy) is 1. The Kier molecular flexibility index (Phi) is 11.2. The zero-order chi connectivity index (χ0) is 11.9. The van der Waals surface area contributed by atoms with E-state index in [1.807, 2.05) is 0 Å². The molecule has 0 spiro atoms. The van der Waals surface area contributed by atoms with Gasteiger partial charge in [0.2, 0.25) is 0 Å². The van der Waals surface area contributed by atoms with Crippen molar-refractivity contribution in [2.45, 2.75) is 13.0 Å². The maximum Gasteiger partial charge on any atom is 1.00 e. The molecule has 0 aromatic rings. The molecule has 5 nitrogen and oxygen atoms in total. The van der Waals surface area contributed by atoms with Gasteiger partial charge in [0.05, 0.1) is 10.1 Å². The summed E-state index contributed by atoms with van der Waals surface area (Å²) in [5.74, 6) is -0.254. The molecule has 0 aliphatic heterocycles. The van der Waals surface area contributed by atoms with Crippen LogP contribution in [0, 0.1) is 0 Å². The average molecular weight is 276 g/mol. The predicted molar refractivity (Wildman–Crippen MR) is 57.6 cm³/mol. The van der Waals surface area contributed by atoms with Crippen LogP contribution < -0.4 is 29.6 Å². The van der Waals surface area contributed by atoms with Crippen LogP contribution >= 0.6 is 11.8 Å². The van der Waals surface area contributed by atoms with E-state index >= 15 is 0 Å². The molecule has 88 valence electrons. The van der Waals surface area contributed by atoms with Crippen molar-refractivity contribution in [1.82, 2.24) is 0 Å². The third-order valence-corrected chi connectivity index (χ3v) is 3.47. The molecule has 0 aliphatic rings. The zero-order valence-corrected chi connectivity index (χ0v) is 13.0. The van der Waals surface area contributed by atoms with Crippen LogP contribution in [0.5, 0.6) is 0 Å². The number of carbonyl (C=O) groups is 1. The standard InChI is InChI=1S/C8H14O5S2.Na/c1-3-8(9)13-7(2)6-14-4-5-15(10,11)12;/h3,7H,1,4-6H2,2H3,(H,10,11,12);/q;+1/p-1. The third-order valence-electron chi connectivity index (χ3n) is 1.31. The molecule has 8 heteroatoms. The minimum Gasteiger partial charge on any atom is -0.748 e. The average Bonchev–Trinajstić information content (AvgIpc) is 2.11. The molecule has 0 aromatic carbocycles. The fourth-order valence-corrected chi connectivity index (χ4v) is 2.55. The largest absolute Gasteiger partial charge is 1.00 e. The van der Waals surface area contributed by atoms with Crippen molar-refractivity contribution in [3.63, 3.8) is 0 Å². The molecular formula is C8H13NaO5S2. The second kappa shape index (κ2) is 9.49. The maximum atomic E-state index is 10.7. The van der Waals surface area contributed by atoms with Crippen LogP contribution in [0.4, 0.5) is 0 Å². The molecule has 0 amide bonds. The van der Waals surface area contributed by atoms with Gasteiger partial charge in [-0.2, -0.15) is 11.8 Å². The van der Waals surface area contributed by atoms with Crippen LogP contribution in [0.15, 0.2) is 12.7 Å². The molecule has 0 N–H and O–H groups in total. The van der Waals surface area contributed by atoms with Crippen LogP contribution in [0.25, 0.3) is 0 Å². The van der Waals surface area contributed by atoms with E-state index in [-0.39, 0.29) is 41.4 Å². The van der Waals surface area contributed by atoms with Gasteiger partial charge in [-0.3, -0.25) is 0 Å². The monoisotopic (exact) mass is 276 g/mol. The van der Waals surface area contributed by atoms with E-state index in [1.165, 1.54) is 11.8 Å². The Hall–Kier alpha value is 0.470. The van der Waals surface area contributed by atoms with Crippen molar-refractivity contribution < 1.29 is 52.1 Å². The smallest absolute Gasteiger partial charge is 0.748 e. The Morgan fingerprint density at radius 2 is 2.19 bits per heavy atom. The van der Waals surface area contributed by atoms with E-state index in [4.69, 9.17) is 4.74 Å². The normalized spacial score (nSPS) is 12.4. The zero-order valence-electron chi connectivity index (χ0n) is 9.34. The van der Waals surface area contributed by atoms with E-state index < -0.39 is 21.8 Å². The molecule has 0 bridgehead atoms. The third kappa shape index (κ3) is 12.5. The number of hydrogen-bond donors (Lipinski definition) is 0. The first-order valence-electron chi connectivity index (χ1n) is 4.19. The minimum absolute atomic E-state index is 0. The second-order valence-corrected chi connectivity index (χ2v) is 5.46. The summed E-state index contributed by atoms with van der Waals surface area (Å²) in [4.78, 5) is 10.7. The van der Waals surface area contributed by atoms with E-state index in [0.29, 0.717) is 5.75 Å². The Morgan fingerprint density at radius 1 is 1.62 bits per heavy atom. The Labute approximate surface area is 122 Å². The summed E-state index contributed by atoms with van der Waals surface area (Å²) in [5.41, 5.74) is 0. The second-order valence-electron chi connectivity index (χ2n) is 2.79. The summed E-state index contributed by atoms with van der Waals surface area (Å²) >= 11 is 1.25. The summed E-state index contributed by atoms with van der Waals surface area (Å²) in [5, 5.41) is 0. The van der Waals surface area contributed by atoms with Crippen molar-refractivity contribution in [3.8, 4) is 0 Å². The quantitative estimate of drug-likeness (QED) is 0.166. The molecule has 16 heavy (non-hydrogen) atoms. The van der Waals surface area contributed by atoms with Gasteiger partial charge >= 0.3 is 35.5 Å². The van der Waals surface area contributed by atoms with Gasteiger partial charge in [-0.25, -0.2) is 13.2 Å². The SMILES string of the molecule is C=CC(=O)OC(C)CSCCS(=O)(=O)[O-].[Na+]. The van der Waals surface area contributed by atoms with E-state index in [1.54, 1.807) is 6.92 Å². The van der Waals surface area contributed by atoms with Crippen molar-refractivity contribution in [3.05, 3.63) is 12.7 Å². The van der Waals surface area contributed by atoms with Gasteiger partial charge < -0.3 is 9.29 Å². The predicted octanol–water partition coefficient (Wildman–Crippen LogP) is -2.61. The van der Waals surface area contributed by atoms with Gasteiger partial charge in [-0.15, -0.1) is 0 Å². The number of rotatable bonds is 7. The van der Waals surface area contributed by atoms with Crippen molar-refractivity contribution in [1.29, 1.82) is 0 Å². The molecule has 0 fully saturated rings. The van der Waals surface area contributed by atoms with Crippen LogP contribution in [0.2, 0.25) is 0 Å². The summed E-state index contributed by atoms with van der Waals surface area (Å²) in [6.07, 6.45) is 0.735. The first-order chi connectivity index (χ1) is 6.85. The first kappa shape index (κ1) is 18.8. The van der Waals surface area contributed by atoms with E-state index in [0.717, 1.165) is 6.08 Å². The molecule has 0 saturated heterocycles. The van der Waals surface area contributed by atoms with Crippen LogP contribution in [0.3, 0.4) is 0 Å². The molecule has 0 aliphatic carbocycles. The van der Waals surface area contributed by atoms with E-state index in [2.05, 4.69) is 6.58 Å². The molecule has 0 aromatic heterocycles. The van der Waals surface area contributed by atoms with Crippen molar-refractivity contribution in [2.24, 2.45) is 0 Å². The fourth-order valence-electron chi connectivity index (χ4n) is 0.691. The first-order valence-corrected chi connectivity index (χ1v) is 6.92. The fraction of sp³-hybridized carbons (Fsp3) is 0.625. The summed E-state index contributed by atoms with van der Waals surface area (Å²) in [6.45, 7) is 4.92.